The fourth-order valence-corrected chi connectivity index (χ4v) is 1.86. The fraction of sp³-hybridized carbons (Fsp3) is 0.333. The van der Waals surface area contributed by atoms with Gasteiger partial charge in [0.15, 0.2) is 5.78 Å². The highest BCUT2D eigenvalue weighted by Crippen LogP contribution is 2.13. The number of carbonyl (C=O) groups excluding carboxylic acids is 1. The Bertz CT molecular complexity index is 544. The van der Waals surface area contributed by atoms with Gasteiger partial charge in [0.05, 0.1) is 6.61 Å². The molecule has 1 aromatic carbocycles. The maximum absolute atomic E-state index is 11.5. The van der Waals surface area contributed by atoms with Crippen molar-refractivity contribution in [3.8, 4) is 5.75 Å². The Labute approximate surface area is 113 Å². The molecule has 19 heavy (non-hydrogen) atoms. The van der Waals surface area contributed by atoms with Gasteiger partial charge >= 0.3 is 0 Å². The maximum Gasteiger partial charge on any atom is 0.162 e. The summed E-state index contributed by atoms with van der Waals surface area (Å²) in [6.45, 7) is 2.46. The number of hydrogen-bond acceptors (Lipinski definition) is 3. The predicted molar refractivity (Wildman–Crippen MR) is 73.5 cm³/mol. The van der Waals surface area contributed by atoms with Gasteiger partial charge in [-0.25, -0.2) is 0 Å². The molecule has 4 nitrogen and oxygen atoms in total. The third-order valence-corrected chi connectivity index (χ3v) is 3.05. The van der Waals surface area contributed by atoms with E-state index in [0.29, 0.717) is 13.0 Å². The highest BCUT2D eigenvalue weighted by Gasteiger charge is 2.03. The van der Waals surface area contributed by atoms with Crippen molar-refractivity contribution in [3.63, 3.8) is 0 Å². The largest absolute Gasteiger partial charge is 0.493 e. The van der Waals surface area contributed by atoms with Crippen molar-refractivity contribution in [3.05, 3.63) is 47.8 Å². The van der Waals surface area contributed by atoms with Gasteiger partial charge in [0.1, 0.15) is 5.75 Å². The smallest absolute Gasteiger partial charge is 0.162 e. The second-order valence-electron chi connectivity index (χ2n) is 4.35. The van der Waals surface area contributed by atoms with Gasteiger partial charge in [-0.05, 0) is 30.3 Å². The molecule has 0 radical (unpaired) electrons. The van der Waals surface area contributed by atoms with Crippen LogP contribution in [0.1, 0.15) is 29.4 Å². The van der Waals surface area contributed by atoms with E-state index >= 15 is 0 Å². The Balaban J connectivity index is 1.86. The summed E-state index contributed by atoms with van der Waals surface area (Å²) in [6, 6.07) is 9.28. The first-order valence-electron chi connectivity index (χ1n) is 6.43. The van der Waals surface area contributed by atoms with Gasteiger partial charge < -0.3 is 4.74 Å². The van der Waals surface area contributed by atoms with Crippen LogP contribution in [-0.4, -0.2) is 22.2 Å². The van der Waals surface area contributed by atoms with Crippen LogP contribution in [0.5, 0.6) is 5.75 Å². The SMILES string of the molecule is CCC(=O)c1ccc(OCCc2ccnn2C)cc1. The summed E-state index contributed by atoms with van der Waals surface area (Å²) >= 11 is 0. The van der Waals surface area contributed by atoms with E-state index in [4.69, 9.17) is 4.74 Å². The summed E-state index contributed by atoms with van der Waals surface area (Å²) in [5.74, 6) is 0.941. The Kier molecular flexibility index (Phi) is 4.34. The van der Waals surface area contributed by atoms with Crippen molar-refractivity contribution in [1.82, 2.24) is 9.78 Å². The molecular weight excluding hydrogens is 240 g/mol. The van der Waals surface area contributed by atoms with E-state index < -0.39 is 0 Å². The molecule has 4 heteroatoms. The molecule has 0 bridgehead atoms. The minimum atomic E-state index is 0.154. The first-order chi connectivity index (χ1) is 9.20. The van der Waals surface area contributed by atoms with Crippen LogP contribution >= 0.6 is 0 Å². The zero-order chi connectivity index (χ0) is 13.7. The second kappa shape index (κ2) is 6.18. The third-order valence-electron chi connectivity index (χ3n) is 3.05. The molecule has 0 fully saturated rings. The summed E-state index contributed by atoms with van der Waals surface area (Å²) < 4.78 is 7.49. The number of ketones is 1. The first kappa shape index (κ1) is 13.3. The molecule has 0 aliphatic rings. The normalized spacial score (nSPS) is 10.4. The average Bonchev–Trinajstić information content (AvgIpc) is 2.84. The summed E-state index contributed by atoms with van der Waals surface area (Å²) in [7, 11) is 1.92. The van der Waals surface area contributed by atoms with Crippen molar-refractivity contribution in [2.75, 3.05) is 6.61 Å². The lowest BCUT2D eigenvalue weighted by molar-refractivity contribution is 0.0988. The summed E-state index contributed by atoms with van der Waals surface area (Å²) in [6.07, 6.45) is 3.12. The van der Waals surface area contributed by atoms with Crippen LogP contribution < -0.4 is 4.74 Å². The average molecular weight is 258 g/mol. The molecule has 0 aliphatic carbocycles. The molecule has 0 N–H and O–H groups in total. The van der Waals surface area contributed by atoms with Crippen molar-refractivity contribution >= 4 is 5.78 Å². The highest BCUT2D eigenvalue weighted by atomic mass is 16.5. The Hall–Kier alpha value is -2.10. The molecule has 100 valence electrons. The van der Waals surface area contributed by atoms with E-state index in [1.54, 1.807) is 6.20 Å². The quantitative estimate of drug-likeness (QED) is 0.748. The molecule has 2 aromatic rings. The lowest BCUT2D eigenvalue weighted by atomic mass is 10.1. The monoisotopic (exact) mass is 258 g/mol. The molecule has 1 aromatic heterocycles. The molecule has 0 saturated heterocycles. The number of aryl methyl sites for hydroxylation is 1. The Morgan fingerprint density at radius 2 is 2.00 bits per heavy atom. The Morgan fingerprint density at radius 1 is 1.26 bits per heavy atom. The molecule has 0 amide bonds. The van der Waals surface area contributed by atoms with Crippen LogP contribution in [0.3, 0.4) is 0 Å². The van der Waals surface area contributed by atoms with Crippen LogP contribution in [0.15, 0.2) is 36.5 Å². The third kappa shape index (κ3) is 3.44. The zero-order valence-electron chi connectivity index (χ0n) is 11.3. The summed E-state index contributed by atoms with van der Waals surface area (Å²) in [5.41, 5.74) is 1.87. The number of aromatic nitrogens is 2. The summed E-state index contributed by atoms with van der Waals surface area (Å²) in [5, 5.41) is 4.11. The number of rotatable bonds is 6. The number of nitrogens with zero attached hydrogens (tertiary/aromatic N) is 2. The van der Waals surface area contributed by atoms with E-state index in [-0.39, 0.29) is 5.78 Å². The van der Waals surface area contributed by atoms with Gasteiger partial charge in [0.2, 0.25) is 0 Å². The molecule has 0 unspecified atom stereocenters. The van der Waals surface area contributed by atoms with Crippen molar-refractivity contribution in [2.24, 2.45) is 7.05 Å². The molecule has 0 spiro atoms. The molecule has 1 heterocycles. The zero-order valence-corrected chi connectivity index (χ0v) is 11.3. The van der Waals surface area contributed by atoms with Gasteiger partial charge in [-0.15, -0.1) is 0 Å². The first-order valence-corrected chi connectivity index (χ1v) is 6.43. The van der Waals surface area contributed by atoms with Gasteiger partial charge in [-0.1, -0.05) is 6.92 Å². The van der Waals surface area contributed by atoms with E-state index in [0.717, 1.165) is 23.4 Å². The topological polar surface area (TPSA) is 44.1 Å². The number of hydrogen-bond donors (Lipinski definition) is 0. The number of carbonyl (C=O) groups is 1. The highest BCUT2D eigenvalue weighted by molar-refractivity contribution is 5.95. The van der Waals surface area contributed by atoms with Crippen molar-refractivity contribution in [2.45, 2.75) is 19.8 Å². The second-order valence-corrected chi connectivity index (χ2v) is 4.35. The van der Waals surface area contributed by atoms with Gasteiger partial charge in [0.25, 0.3) is 0 Å². The standard InChI is InChI=1S/C15H18N2O2/c1-3-15(18)12-4-6-14(7-5-12)19-11-9-13-8-10-16-17(13)2/h4-8,10H,3,9,11H2,1-2H3. The number of benzene rings is 1. The van der Waals surface area contributed by atoms with E-state index in [1.165, 1.54) is 0 Å². The molecule has 0 atom stereocenters. The molecule has 0 aliphatic heterocycles. The van der Waals surface area contributed by atoms with Crippen molar-refractivity contribution in [1.29, 1.82) is 0 Å². The minimum absolute atomic E-state index is 0.154. The minimum Gasteiger partial charge on any atom is -0.493 e. The van der Waals surface area contributed by atoms with Crippen molar-refractivity contribution < 1.29 is 9.53 Å². The van der Waals surface area contributed by atoms with Gasteiger partial charge in [-0.2, -0.15) is 5.10 Å². The molecular formula is C15H18N2O2. The summed E-state index contributed by atoms with van der Waals surface area (Å²) in [4.78, 5) is 11.5. The number of Topliss-reactive ketones (excluding diaryl/α,β-unsaturated/α-hetero) is 1. The predicted octanol–water partition coefficient (Wildman–Crippen LogP) is 2.63. The van der Waals surface area contributed by atoms with Crippen LogP contribution in [-0.2, 0) is 13.5 Å². The van der Waals surface area contributed by atoms with Crippen LogP contribution in [0, 0.1) is 0 Å². The fourth-order valence-electron chi connectivity index (χ4n) is 1.86. The molecule has 2 rings (SSSR count). The van der Waals surface area contributed by atoms with E-state index in [2.05, 4.69) is 5.10 Å². The van der Waals surface area contributed by atoms with Crippen LogP contribution in [0.2, 0.25) is 0 Å². The van der Waals surface area contributed by atoms with E-state index in [9.17, 15) is 4.79 Å². The molecule has 0 saturated carbocycles. The van der Waals surface area contributed by atoms with Gasteiger partial charge in [0, 0.05) is 37.3 Å². The van der Waals surface area contributed by atoms with E-state index in [1.807, 2.05) is 49.0 Å². The van der Waals surface area contributed by atoms with Crippen LogP contribution in [0.25, 0.3) is 0 Å². The Morgan fingerprint density at radius 3 is 2.58 bits per heavy atom. The maximum atomic E-state index is 11.5. The lowest BCUT2D eigenvalue weighted by Gasteiger charge is -2.07. The van der Waals surface area contributed by atoms with Gasteiger partial charge in [-0.3, -0.25) is 9.48 Å². The van der Waals surface area contributed by atoms with Crippen LogP contribution in [0.4, 0.5) is 0 Å². The number of ether oxygens (including phenoxy) is 1. The lowest BCUT2D eigenvalue weighted by Crippen LogP contribution is -2.06.